The number of carbonyl (C=O) groups is 13. The van der Waals surface area contributed by atoms with Crippen LogP contribution < -0.4 is 0 Å². The van der Waals surface area contributed by atoms with Crippen molar-refractivity contribution in [1.29, 1.82) is 0 Å². The Labute approximate surface area is 844 Å². The summed E-state index contributed by atoms with van der Waals surface area (Å²) in [5, 5.41) is 0. The van der Waals surface area contributed by atoms with Gasteiger partial charge in [0.05, 0.1) is 328 Å². The van der Waals surface area contributed by atoms with Crippen LogP contribution in [0.25, 0.3) is 0 Å². The second-order valence-corrected chi connectivity index (χ2v) is 41.8. The van der Waals surface area contributed by atoms with Crippen molar-refractivity contribution < 1.29 is 185 Å². The van der Waals surface area contributed by atoms with Gasteiger partial charge in [0.15, 0.2) is 0 Å². The van der Waals surface area contributed by atoms with E-state index in [2.05, 4.69) is 0 Å². The number of hydrogen-bond acceptors (Lipinski definition) is 39. The predicted octanol–water partition coefficient (Wildman–Crippen LogP) is 9.86. The van der Waals surface area contributed by atoms with Gasteiger partial charge in [0.1, 0.15) is 0 Å². The molecule has 144 heavy (non-hydrogen) atoms. The standard InChI is InChI=1S/C33H50O12.C27H42O9.C24H36O9.C21H30O9/c34-30(38-13-5-1-9-22-18-42-22)26-17-27(31(35)39-14-6-2-10-23-19-43-23)29(33(37)41-16-8-4-12-25-21-45-25)28(26)32(36)40-15-7-3-11-24-20-44-24;28-25(31-10-4-1-7-22-16-34-22)19-13-20(26(29)32-11-5-2-8-23-17-35-23)15-21(14-19)27(30)33-12-6-3-9-24-18-36-24;25-22(28-7-1-4-19-13-31-19)16-10-17(23(26)29-8-2-5-20-14-32-20)12-18(11-16)24(27)30-9-3-6-21-15-33-21;22-19(25-4-1-16-10-28-16)13-7-14(20(23)26-5-2-17-11-29-17)9-15(8-13)21(24)27-6-3-18-12-30-18/h22-29H,1-21H2;19-24H,1-18H2;16-21H,1-15H2;13-18H,1-12H2. The van der Waals surface area contributed by atoms with Gasteiger partial charge in [0.25, 0.3) is 0 Å². The van der Waals surface area contributed by atoms with Gasteiger partial charge in [-0.15, -0.1) is 0 Å². The molecule has 0 aromatic rings. The molecule has 17 atom stereocenters. The van der Waals surface area contributed by atoms with E-state index in [9.17, 15) is 62.3 Å². The number of unbranched alkanes of at least 4 members (excludes halogenated alkanes) is 7. The van der Waals surface area contributed by atoms with Crippen LogP contribution in [-0.4, -0.2) is 329 Å². The Bertz CT molecular complexity index is 3600. The quantitative estimate of drug-likeness (QED) is 0.0236. The Morgan fingerprint density at radius 3 is 0.424 bits per heavy atom. The third-order valence-corrected chi connectivity index (χ3v) is 29.2. The fourth-order valence-electron chi connectivity index (χ4n) is 19.2. The summed E-state index contributed by atoms with van der Waals surface area (Å²) >= 11 is 0. The first-order valence-corrected chi connectivity index (χ1v) is 54.4. The smallest absolute Gasteiger partial charge is 0.310 e. The highest BCUT2D eigenvalue weighted by Crippen LogP contribution is 2.47. The number of epoxide rings is 13. The molecular formula is C105H158O39. The minimum absolute atomic E-state index is 0.0406. The van der Waals surface area contributed by atoms with E-state index in [-0.39, 0.29) is 137 Å². The maximum absolute atomic E-state index is 13.6. The van der Waals surface area contributed by atoms with Crippen molar-refractivity contribution in [3.05, 3.63) is 0 Å². The van der Waals surface area contributed by atoms with Crippen LogP contribution in [0.3, 0.4) is 0 Å². The maximum Gasteiger partial charge on any atom is 0.310 e. The summed E-state index contributed by atoms with van der Waals surface area (Å²) in [5.41, 5.74) is 0. The fourth-order valence-corrected chi connectivity index (χ4v) is 19.2. The molecule has 13 heterocycles. The van der Waals surface area contributed by atoms with Crippen LogP contribution in [0.1, 0.15) is 257 Å². The molecule has 4 aliphatic carbocycles. The third-order valence-electron chi connectivity index (χ3n) is 29.2. The lowest BCUT2D eigenvalue weighted by Gasteiger charge is -2.31. The zero-order valence-electron chi connectivity index (χ0n) is 84.1. The monoisotopic (exact) mass is 2040 g/mol. The number of rotatable bonds is 69. The Balaban J connectivity index is 0.000000154. The molecule has 13 saturated heterocycles. The molecule has 0 bridgehead atoms. The van der Waals surface area contributed by atoms with E-state index in [0.29, 0.717) is 211 Å². The first-order chi connectivity index (χ1) is 70.2. The van der Waals surface area contributed by atoms with Crippen molar-refractivity contribution in [2.75, 3.05) is 172 Å². The molecule has 17 rings (SSSR count). The zero-order valence-corrected chi connectivity index (χ0v) is 84.1. The van der Waals surface area contributed by atoms with Gasteiger partial charge in [-0.05, 0) is 238 Å². The molecule has 0 N–H and O–H groups in total. The largest absolute Gasteiger partial charge is 0.465 e. The Morgan fingerprint density at radius 2 is 0.264 bits per heavy atom. The van der Waals surface area contributed by atoms with Crippen molar-refractivity contribution in [2.45, 2.75) is 336 Å². The molecule has 0 spiro atoms. The summed E-state index contributed by atoms with van der Waals surface area (Å²) in [6.45, 7) is 13.6. The van der Waals surface area contributed by atoms with Gasteiger partial charge in [-0.1, -0.05) is 0 Å². The predicted molar refractivity (Wildman–Crippen MR) is 499 cm³/mol. The van der Waals surface area contributed by atoms with Crippen molar-refractivity contribution >= 4 is 77.6 Å². The van der Waals surface area contributed by atoms with Crippen LogP contribution >= 0.6 is 0 Å². The molecule has 39 heteroatoms. The molecule has 17 unspecified atom stereocenters. The lowest BCUT2D eigenvalue weighted by molar-refractivity contribution is -0.168. The van der Waals surface area contributed by atoms with Gasteiger partial charge in [-0.2, -0.15) is 0 Å². The highest BCUT2D eigenvalue weighted by molar-refractivity contribution is 5.93. The molecule has 812 valence electrons. The average Bonchev–Trinajstić information content (AvgIpc) is 1.62. The molecule has 0 aromatic carbocycles. The number of hydrogen-bond donors (Lipinski definition) is 0. The lowest BCUT2D eigenvalue weighted by Crippen LogP contribution is -2.38. The molecule has 17 fully saturated rings. The Hall–Kier alpha value is -7.41. The molecule has 17 aliphatic rings. The second-order valence-electron chi connectivity index (χ2n) is 41.8. The highest BCUT2D eigenvalue weighted by Gasteiger charge is 2.59. The SMILES string of the molecule is O=C(OCCC1CO1)C1CC(C(=O)OCCC2CO2)CC(C(=O)OCCC2CO2)C1.O=C(OCCCC1CO1)C1CC(C(=O)OCCCC2CO2)CC(C(=O)OCCCC2CO2)C1.O=C(OCCCCC1CO1)C1CC(C(=O)OCCCCC2CO2)C(C(=O)OCCCCC2CO2)C1C(=O)OCCCCC1CO1.O=C(OCCCCC1CO1)C1CC(C(=O)OCCCCC2CO2)CC(C(=O)OCCCCC2CO2)C1. The van der Waals surface area contributed by atoms with E-state index in [1.165, 1.54) is 0 Å². The zero-order chi connectivity index (χ0) is 101. The van der Waals surface area contributed by atoms with E-state index >= 15 is 0 Å². The summed E-state index contributed by atoms with van der Waals surface area (Å²) in [5.74, 6) is -14.7. The first kappa shape index (κ1) is 112. The molecule has 4 saturated carbocycles. The van der Waals surface area contributed by atoms with Crippen molar-refractivity contribution in [3.8, 4) is 0 Å². The Kier molecular flexibility index (Phi) is 47.1. The maximum atomic E-state index is 13.6. The van der Waals surface area contributed by atoms with Crippen LogP contribution in [0.5, 0.6) is 0 Å². The van der Waals surface area contributed by atoms with Crippen LogP contribution in [0, 0.1) is 76.9 Å². The van der Waals surface area contributed by atoms with Gasteiger partial charge in [-0.25, -0.2) is 0 Å². The first-order valence-electron chi connectivity index (χ1n) is 54.4. The van der Waals surface area contributed by atoms with Crippen LogP contribution in [0.4, 0.5) is 0 Å². The van der Waals surface area contributed by atoms with E-state index in [1.807, 2.05) is 0 Å². The summed E-state index contributed by atoms with van der Waals surface area (Å²) in [4.78, 5) is 168. The van der Waals surface area contributed by atoms with E-state index in [0.717, 1.165) is 214 Å². The Morgan fingerprint density at radius 1 is 0.139 bits per heavy atom. The highest BCUT2D eigenvalue weighted by atomic mass is 16.6. The summed E-state index contributed by atoms with van der Waals surface area (Å²) in [6.07, 6.45) is 31.4. The minimum atomic E-state index is -1.19. The molecular weight excluding hydrogens is 1890 g/mol. The third kappa shape index (κ3) is 45.2. The van der Waals surface area contributed by atoms with Gasteiger partial charge in [-0.3, -0.25) is 62.3 Å². The van der Waals surface area contributed by atoms with Crippen LogP contribution in [0.15, 0.2) is 0 Å². The normalized spacial score (nSPS) is 31.6. The number of carbonyl (C=O) groups excluding carboxylic acids is 13. The molecule has 0 amide bonds. The van der Waals surface area contributed by atoms with Crippen molar-refractivity contribution in [1.82, 2.24) is 0 Å². The van der Waals surface area contributed by atoms with E-state index in [4.69, 9.17) is 123 Å². The summed E-state index contributed by atoms with van der Waals surface area (Å²) < 4.78 is 139. The topological polar surface area (TPSA) is 505 Å². The summed E-state index contributed by atoms with van der Waals surface area (Å²) in [7, 11) is 0. The lowest BCUT2D eigenvalue weighted by atomic mass is 9.75. The van der Waals surface area contributed by atoms with Crippen LogP contribution in [-0.2, 0) is 185 Å². The van der Waals surface area contributed by atoms with Crippen molar-refractivity contribution in [3.63, 3.8) is 0 Å². The van der Waals surface area contributed by atoms with Crippen molar-refractivity contribution in [2.24, 2.45) is 76.9 Å². The van der Waals surface area contributed by atoms with Crippen LogP contribution in [0.2, 0.25) is 0 Å². The number of ether oxygens (including phenoxy) is 26. The fraction of sp³-hybridized carbons (Fsp3) is 0.876. The average molecular weight is 2040 g/mol. The van der Waals surface area contributed by atoms with E-state index < -0.39 is 101 Å². The molecule has 0 aromatic heterocycles. The van der Waals surface area contributed by atoms with Gasteiger partial charge in [0.2, 0.25) is 0 Å². The van der Waals surface area contributed by atoms with Gasteiger partial charge in [0, 0.05) is 19.3 Å². The number of esters is 13. The molecule has 0 radical (unpaired) electrons. The second kappa shape index (κ2) is 60.4. The summed E-state index contributed by atoms with van der Waals surface area (Å²) in [6, 6.07) is 0. The van der Waals surface area contributed by atoms with Gasteiger partial charge < -0.3 is 123 Å². The van der Waals surface area contributed by atoms with Gasteiger partial charge >= 0.3 is 77.6 Å². The minimum Gasteiger partial charge on any atom is -0.465 e. The molecule has 39 nitrogen and oxygen atoms in total. The van der Waals surface area contributed by atoms with E-state index in [1.54, 1.807) is 0 Å². The molecule has 13 aliphatic heterocycles.